The smallest absolute Gasteiger partial charge is 0.0989 e. The molecule has 0 bridgehead atoms. The first-order valence-corrected chi connectivity index (χ1v) is 3.75. The van der Waals surface area contributed by atoms with Crippen LogP contribution in [-0.2, 0) is 0 Å². The van der Waals surface area contributed by atoms with Crippen LogP contribution in [0.4, 0.5) is 0 Å². The van der Waals surface area contributed by atoms with Gasteiger partial charge in [-0.2, -0.15) is 0 Å². The molecule has 0 aromatic rings. The van der Waals surface area contributed by atoms with Gasteiger partial charge in [0.1, 0.15) is 0 Å². The molecular weight excluding hydrogens is 227 g/mol. The minimum Gasteiger partial charge on any atom is -0.281 e. The number of nitrogens with zero attached hydrogens (tertiary/aromatic N) is 2. The summed E-state index contributed by atoms with van der Waals surface area (Å²) in [6, 6.07) is 0. The van der Waals surface area contributed by atoms with Crippen molar-refractivity contribution in [2.24, 2.45) is 4.99 Å². The van der Waals surface area contributed by atoms with Crippen molar-refractivity contribution >= 4 is 29.2 Å². The minimum absolute atomic E-state index is 0.00166. The maximum atomic E-state index is 4.25. The molecule has 0 spiro atoms. The largest absolute Gasteiger partial charge is 0.281 e. The summed E-state index contributed by atoms with van der Waals surface area (Å²) in [7, 11) is 0. The van der Waals surface area contributed by atoms with Gasteiger partial charge in [0.25, 0.3) is 0 Å². The van der Waals surface area contributed by atoms with Gasteiger partial charge in [-0.05, 0) is 19.9 Å². The third-order valence-corrected chi connectivity index (χ3v) is 1.70. The first-order chi connectivity index (χ1) is 4.10. The summed E-state index contributed by atoms with van der Waals surface area (Å²) >= 11 is 2.17. The van der Waals surface area contributed by atoms with E-state index in [2.05, 4.69) is 47.8 Å². The standard InChI is InChI=1S/C6H9IN2/c1-6(2)3-4-9(7)5-8-6/h3-5H,1-2H3. The van der Waals surface area contributed by atoms with E-state index < -0.39 is 0 Å². The summed E-state index contributed by atoms with van der Waals surface area (Å²) in [6.07, 6.45) is 5.90. The second-order valence-electron chi connectivity index (χ2n) is 2.56. The number of aliphatic imine (C=N–C) groups is 1. The fraction of sp³-hybridized carbons (Fsp3) is 0.500. The summed E-state index contributed by atoms with van der Waals surface area (Å²) in [4.78, 5) is 4.25. The molecule has 0 fully saturated rings. The van der Waals surface area contributed by atoms with Gasteiger partial charge in [-0.25, -0.2) is 0 Å². The Kier molecular flexibility index (Phi) is 1.79. The first-order valence-electron chi connectivity index (χ1n) is 2.79. The fourth-order valence-electron chi connectivity index (χ4n) is 0.539. The highest BCUT2D eigenvalue weighted by atomic mass is 127. The quantitative estimate of drug-likeness (QED) is 0.463. The second kappa shape index (κ2) is 2.28. The van der Waals surface area contributed by atoms with Crippen molar-refractivity contribution in [2.75, 3.05) is 0 Å². The van der Waals surface area contributed by atoms with E-state index in [-0.39, 0.29) is 5.54 Å². The van der Waals surface area contributed by atoms with Crippen LogP contribution in [0.2, 0.25) is 0 Å². The van der Waals surface area contributed by atoms with Crippen LogP contribution in [0.5, 0.6) is 0 Å². The minimum atomic E-state index is 0.00166. The van der Waals surface area contributed by atoms with Crippen molar-refractivity contribution in [3.8, 4) is 0 Å². The highest BCUT2D eigenvalue weighted by Gasteiger charge is 2.13. The monoisotopic (exact) mass is 236 g/mol. The van der Waals surface area contributed by atoms with Crippen LogP contribution in [0.1, 0.15) is 13.8 Å². The van der Waals surface area contributed by atoms with E-state index in [1.54, 1.807) is 0 Å². The number of hydrogen-bond donors (Lipinski definition) is 0. The predicted molar refractivity (Wildman–Crippen MR) is 47.6 cm³/mol. The first kappa shape index (κ1) is 7.05. The molecule has 0 saturated carbocycles. The Balaban J connectivity index is 2.70. The van der Waals surface area contributed by atoms with Gasteiger partial charge >= 0.3 is 0 Å². The molecule has 0 aromatic carbocycles. The van der Waals surface area contributed by atoms with Crippen molar-refractivity contribution in [1.29, 1.82) is 0 Å². The van der Waals surface area contributed by atoms with Gasteiger partial charge < -0.3 is 0 Å². The molecule has 1 rings (SSSR count). The normalized spacial score (nSPS) is 22.8. The maximum Gasteiger partial charge on any atom is 0.0989 e. The molecular formula is C6H9IN2. The van der Waals surface area contributed by atoms with E-state index >= 15 is 0 Å². The molecule has 50 valence electrons. The van der Waals surface area contributed by atoms with Crippen LogP contribution in [-0.4, -0.2) is 15.0 Å². The molecule has 3 heteroatoms. The summed E-state index contributed by atoms with van der Waals surface area (Å²) in [6.45, 7) is 4.15. The lowest BCUT2D eigenvalue weighted by atomic mass is 10.1. The zero-order valence-electron chi connectivity index (χ0n) is 5.50. The van der Waals surface area contributed by atoms with Crippen molar-refractivity contribution in [3.05, 3.63) is 12.3 Å². The summed E-state index contributed by atoms with van der Waals surface area (Å²) < 4.78 is 1.91. The third kappa shape index (κ3) is 1.97. The van der Waals surface area contributed by atoms with Crippen molar-refractivity contribution in [3.63, 3.8) is 0 Å². The Bertz CT molecular complexity index is 144. The van der Waals surface area contributed by atoms with Crippen LogP contribution in [0, 0.1) is 0 Å². The average Bonchev–Trinajstić information content (AvgIpc) is 1.78. The molecule has 9 heavy (non-hydrogen) atoms. The number of hydrogen-bond acceptors (Lipinski definition) is 2. The molecule has 0 atom stereocenters. The van der Waals surface area contributed by atoms with E-state index in [9.17, 15) is 0 Å². The highest BCUT2D eigenvalue weighted by molar-refractivity contribution is 14.1. The highest BCUT2D eigenvalue weighted by Crippen LogP contribution is 2.15. The fourth-order valence-corrected chi connectivity index (χ4v) is 0.824. The Morgan fingerprint density at radius 1 is 1.56 bits per heavy atom. The van der Waals surface area contributed by atoms with Crippen LogP contribution < -0.4 is 0 Å². The molecule has 0 saturated heterocycles. The van der Waals surface area contributed by atoms with Gasteiger partial charge in [0.2, 0.25) is 0 Å². The molecule has 0 N–H and O–H groups in total. The van der Waals surface area contributed by atoms with Gasteiger partial charge in [-0.3, -0.25) is 8.11 Å². The lowest BCUT2D eigenvalue weighted by molar-refractivity contribution is 0.633. The second-order valence-corrected chi connectivity index (χ2v) is 3.67. The van der Waals surface area contributed by atoms with Crippen molar-refractivity contribution in [2.45, 2.75) is 19.4 Å². The van der Waals surface area contributed by atoms with Crippen LogP contribution in [0.3, 0.4) is 0 Å². The van der Waals surface area contributed by atoms with Crippen LogP contribution in [0.15, 0.2) is 17.3 Å². The lowest BCUT2D eigenvalue weighted by Gasteiger charge is -2.20. The molecule has 0 amide bonds. The molecule has 1 heterocycles. The topological polar surface area (TPSA) is 15.6 Å². The Hall–Kier alpha value is -0.0600. The van der Waals surface area contributed by atoms with Crippen molar-refractivity contribution in [1.82, 2.24) is 3.11 Å². The zero-order valence-corrected chi connectivity index (χ0v) is 7.66. The molecule has 0 radical (unpaired) electrons. The molecule has 1 aliphatic rings. The lowest BCUT2D eigenvalue weighted by Crippen LogP contribution is -2.20. The molecule has 2 nitrogen and oxygen atoms in total. The van der Waals surface area contributed by atoms with Crippen molar-refractivity contribution < 1.29 is 0 Å². The van der Waals surface area contributed by atoms with Gasteiger partial charge in [-0.1, -0.05) is 0 Å². The van der Waals surface area contributed by atoms with E-state index in [4.69, 9.17) is 0 Å². The van der Waals surface area contributed by atoms with Gasteiger partial charge in [0.15, 0.2) is 0 Å². The van der Waals surface area contributed by atoms with Crippen LogP contribution in [0.25, 0.3) is 0 Å². The van der Waals surface area contributed by atoms with Gasteiger partial charge in [-0.15, -0.1) is 0 Å². The summed E-state index contributed by atoms with van der Waals surface area (Å²) in [5, 5.41) is 0. The summed E-state index contributed by atoms with van der Waals surface area (Å²) in [5.41, 5.74) is 0.00166. The Morgan fingerprint density at radius 2 is 2.22 bits per heavy atom. The van der Waals surface area contributed by atoms with Gasteiger partial charge in [0, 0.05) is 6.20 Å². The SMILES string of the molecule is CC1(C)C=CN(I)C=N1. The van der Waals surface area contributed by atoms with Gasteiger partial charge in [0.05, 0.1) is 34.7 Å². The van der Waals surface area contributed by atoms with E-state index in [1.807, 2.05) is 15.7 Å². The van der Waals surface area contributed by atoms with Crippen LogP contribution >= 0.6 is 22.9 Å². The third-order valence-electron chi connectivity index (χ3n) is 1.13. The van der Waals surface area contributed by atoms with E-state index in [0.29, 0.717) is 0 Å². The Labute approximate surface area is 69.1 Å². The maximum absolute atomic E-state index is 4.25. The molecule has 0 aliphatic carbocycles. The number of halogens is 1. The molecule has 0 aromatic heterocycles. The zero-order chi connectivity index (χ0) is 6.91. The summed E-state index contributed by atoms with van der Waals surface area (Å²) in [5.74, 6) is 0. The van der Waals surface area contributed by atoms with E-state index in [1.165, 1.54) is 0 Å². The number of rotatable bonds is 0. The average molecular weight is 236 g/mol. The predicted octanol–water partition coefficient (Wildman–Crippen LogP) is 1.97. The molecule has 0 unspecified atom stereocenters. The van der Waals surface area contributed by atoms with E-state index in [0.717, 1.165) is 0 Å². The Morgan fingerprint density at radius 3 is 2.56 bits per heavy atom. The molecule has 1 aliphatic heterocycles.